The molecule has 9 heteroatoms. The van der Waals surface area contributed by atoms with Crippen molar-refractivity contribution in [3.63, 3.8) is 0 Å². The van der Waals surface area contributed by atoms with E-state index in [4.69, 9.17) is 26.1 Å². The molecule has 1 atom stereocenters. The lowest BCUT2D eigenvalue weighted by Gasteiger charge is -2.17. The van der Waals surface area contributed by atoms with Crippen LogP contribution in [0.3, 0.4) is 0 Å². The average Bonchev–Trinajstić information content (AvgIpc) is 3.33. The maximum Gasteiger partial charge on any atom is 0.262 e. The van der Waals surface area contributed by atoms with E-state index in [-0.39, 0.29) is 18.3 Å². The summed E-state index contributed by atoms with van der Waals surface area (Å²) in [5, 5.41) is 3.89. The molecule has 2 heterocycles. The fraction of sp³-hybridized carbons (Fsp3) is 0.192. The fourth-order valence-electron chi connectivity index (χ4n) is 3.76. The van der Waals surface area contributed by atoms with E-state index in [1.165, 1.54) is 11.8 Å². The number of thioether (sulfide) groups is 1. The van der Waals surface area contributed by atoms with Crippen molar-refractivity contribution in [1.82, 2.24) is 14.9 Å². The van der Waals surface area contributed by atoms with Crippen LogP contribution in [0.1, 0.15) is 18.1 Å². The molecular weight excluding hydrogens is 486 g/mol. The van der Waals surface area contributed by atoms with Gasteiger partial charge >= 0.3 is 0 Å². The summed E-state index contributed by atoms with van der Waals surface area (Å²) in [6.07, 6.45) is 0. The number of hydrogen-bond acceptors (Lipinski definition) is 6. The summed E-state index contributed by atoms with van der Waals surface area (Å²) in [4.78, 5) is 31.0. The molecule has 0 radical (unpaired) electrons. The number of aromatic nitrogens is 2. The van der Waals surface area contributed by atoms with E-state index < -0.39 is 5.25 Å². The molecule has 0 aliphatic carbocycles. The van der Waals surface area contributed by atoms with Crippen LogP contribution in [0.25, 0.3) is 10.9 Å². The normalized spacial score (nSPS) is 13.1. The quantitative estimate of drug-likeness (QED) is 0.290. The minimum atomic E-state index is -0.491. The smallest absolute Gasteiger partial charge is 0.262 e. The highest BCUT2D eigenvalue weighted by molar-refractivity contribution is 8.00. The van der Waals surface area contributed by atoms with Gasteiger partial charge in [0, 0.05) is 11.6 Å². The summed E-state index contributed by atoms with van der Waals surface area (Å²) in [5.74, 6) is 1.20. The van der Waals surface area contributed by atoms with Crippen LogP contribution in [0.2, 0.25) is 5.02 Å². The van der Waals surface area contributed by atoms with Crippen LogP contribution in [0.15, 0.2) is 76.7 Å². The number of carbonyl (C=O) groups excluding carboxylic acids is 1. The number of ether oxygens (including phenoxy) is 2. The molecule has 0 fully saturated rings. The van der Waals surface area contributed by atoms with Crippen LogP contribution in [0, 0.1) is 0 Å². The molecule has 0 saturated carbocycles. The van der Waals surface area contributed by atoms with Gasteiger partial charge in [-0.1, -0.05) is 59.8 Å². The summed E-state index contributed by atoms with van der Waals surface area (Å²) in [6.45, 7) is 2.69. The lowest BCUT2D eigenvalue weighted by molar-refractivity contribution is -0.120. The van der Waals surface area contributed by atoms with Crippen molar-refractivity contribution in [3.8, 4) is 11.5 Å². The van der Waals surface area contributed by atoms with Gasteiger partial charge in [0.2, 0.25) is 12.7 Å². The van der Waals surface area contributed by atoms with Crippen molar-refractivity contribution >= 4 is 40.2 Å². The number of halogens is 1. The Bertz CT molecular complexity index is 1460. The first-order valence-electron chi connectivity index (χ1n) is 11.0. The van der Waals surface area contributed by atoms with Crippen LogP contribution >= 0.6 is 23.4 Å². The lowest BCUT2D eigenvalue weighted by Crippen LogP contribution is -2.31. The highest BCUT2D eigenvalue weighted by Crippen LogP contribution is 2.32. The van der Waals surface area contributed by atoms with Gasteiger partial charge in [0.15, 0.2) is 16.7 Å². The summed E-state index contributed by atoms with van der Waals surface area (Å²) < 4.78 is 12.3. The van der Waals surface area contributed by atoms with Crippen molar-refractivity contribution in [1.29, 1.82) is 0 Å². The van der Waals surface area contributed by atoms with Crippen LogP contribution in [0.5, 0.6) is 11.5 Å². The van der Waals surface area contributed by atoms with Crippen molar-refractivity contribution in [2.45, 2.75) is 30.4 Å². The van der Waals surface area contributed by atoms with Crippen molar-refractivity contribution in [2.24, 2.45) is 0 Å². The Hall–Kier alpha value is -3.49. The second kappa shape index (κ2) is 10.0. The molecule has 0 unspecified atom stereocenters. The first kappa shape index (κ1) is 23.3. The van der Waals surface area contributed by atoms with E-state index in [2.05, 4.69) is 5.32 Å². The van der Waals surface area contributed by atoms with Crippen molar-refractivity contribution in [3.05, 3.63) is 93.2 Å². The Balaban J connectivity index is 1.38. The average molecular weight is 508 g/mol. The fourth-order valence-corrected chi connectivity index (χ4v) is 4.86. The predicted molar refractivity (Wildman–Crippen MR) is 136 cm³/mol. The van der Waals surface area contributed by atoms with Gasteiger partial charge in [0.05, 0.1) is 22.7 Å². The highest BCUT2D eigenvalue weighted by atomic mass is 35.5. The maximum atomic E-state index is 13.4. The Kier molecular flexibility index (Phi) is 6.66. The van der Waals surface area contributed by atoms with Crippen LogP contribution in [-0.4, -0.2) is 27.5 Å². The molecule has 35 heavy (non-hydrogen) atoms. The standard InChI is InChI=1S/C26H22ClN3O4S/c1-16(24(31)28-13-18-7-10-22-23(11-18)34-15-33-22)35-26-29-21-12-19(27)8-9-20(21)25(32)30(26)14-17-5-3-2-4-6-17/h2-12,16H,13-15H2,1H3,(H,28,31)/t16-/m0/s1. The van der Waals surface area contributed by atoms with E-state index in [0.717, 1.165) is 11.1 Å². The molecule has 4 aromatic rings. The third-order valence-electron chi connectivity index (χ3n) is 5.62. The third-order valence-corrected chi connectivity index (χ3v) is 6.95. The number of benzene rings is 3. The first-order chi connectivity index (χ1) is 17.0. The van der Waals surface area contributed by atoms with Gasteiger partial charge in [0.1, 0.15) is 0 Å². The monoisotopic (exact) mass is 507 g/mol. The number of rotatable bonds is 7. The number of hydrogen-bond donors (Lipinski definition) is 1. The molecular formula is C26H22ClN3O4S. The van der Waals surface area contributed by atoms with Gasteiger partial charge < -0.3 is 14.8 Å². The maximum absolute atomic E-state index is 13.4. The summed E-state index contributed by atoms with van der Waals surface area (Å²) >= 11 is 7.39. The van der Waals surface area contributed by atoms with E-state index >= 15 is 0 Å². The van der Waals surface area contributed by atoms with Crippen molar-refractivity contribution < 1.29 is 14.3 Å². The van der Waals surface area contributed by atoms with Gasteiger partial charge in [0.25, 0.3) is 5.56 Å². The molecule has 1 N–H and O–H groups in total. The van der Waals surface area contributed by atoms with Gasteiger partial charge in [-0.05, 0) is 48.4 Å². The summed E-state index contributed by atoms with van der Waals surface area (Å²) in [6, 6.07) is 20.3. The zero-order chi connectivity index (χ0) is 24.4. The van der Waals surface area contributed by atoms with E-state index in [1.54, 1.807) is 29.7 Å². The molecule has 178 valence electrons. The van der Waals surface area contributed by atoms with Crippen molar-refractivity contribution in [2.75, 3.05) is 6.79 Å². The molecule has 3 aromatic carbocycles. The Morgan fingerprint density at radius 2 is 1.89 bits per heavy atom. The van der Waals surface area contributed by atoms with E-state index in [0.29, 0.717) is 45.7 Å². The topological polar surface area (TPSA) is 82.5 Å². The van der Waals surface area contributed by atoms with Crippen LogP contribution in [-0.2, 0) is 17.9 Å². The second-order valence-corrected chi connectivity index (χ2v) is 9.84. The SMILES string of the molecule is C[C@H](Sc1nc2cc(Cl)ccc2c(=O)n1Cc1ccccc1)C(=O)NCc1ccc2c(c1)OCO2. The first-order valence-corrected chi connectivity index (χ1v) is 12.3. The summed E-state index contributed by atoms with van der Waals surface area (Å²) in [5.41, 5.74) is 2.19. The minimum absolute atomic E-state index is 0.167. The number of carbonyl (C=O) groups is 1. The van der Waals surface area contributed by atoms with Gasteiger partial charge in [-0.2, -0.15) is 0 Å². The molecule has 1 amide bonds. The molecule has 0 saturated heterocycles. The molecule has 0 bridgehead atoms. The number of fused-ring (bicyclic) bond motifs is 2. The lowest BCUT2D eigenvalue weighted by atomic mass is 10.2. The highest BCUT2D eigenvalue weighted by Gasteiger charge is 2.20. The number of nitrogens with zero attached hydrogens (tertiary/aromatic N) is 2. The molecule has 7 nitrogen and oxygen atoms in total. The Morgan fingerprint density at radius 1 is 1.09 bits per heavy atom. The second-order valence-electron chi connectivity index (χ2n) is 8.10. The molecule has 0 spiro atoms. The largest absolute Gasteiger partial charge is 0.454 e. The Morgan fingerprint density at radius 3 is 2.71 bits per heavy atom. The van der Waals surface area contributed by atoms with Gasteiger partial charge in [-0.25, -0.2) is 4.98 Å². The van der Waals surface area contributed by atoms with Gasteiger partial charge in [-0.15, -0.1) is 0 Å². The predicted octanol–water partition coefficient (Wildman–Crippen LogP) is 4.62. The van der Waals surface area contributed by atoms with Crippen LogP contribution in [0.4, 0.5) is 0 Å². The summed E-state index contributed by atoms with van der Waals surface area (Å²) in [7, 11) is 0. The zero-order valence-electron chi connectivity index (χ0n) is 18.9. The number of nitrogens with one attached hydrogen (secondary N) is 1. The van der Waals surface area contributed by atoms with E-state index in [1.807, 2.05) is 48.5 Å². The van der Waals surface area contributed by atoms with E-state index in [9.17, 15) is 9.59 Å². The van der Waals surface area contributed by atoms with Crippen LogP contribution < -0.4 is 20.3 Å². The molecule has 1 aliphatic heterocycles. The third kappa shape index (κ3) is 5.13. The minimum Gasteiger partial charge on any atom is -0.454 e. The number of amides is 1. The Labute approximate surface area is 211 Å². The van der Waals surface area contributed by atoms with Gasteiger partial charge in [-0.3, -0.25) is 14.2 Å². The molecule has 1 aliphatic rings. The molecule has 1 aromatic heterocycles. The molecule has 5 rings (SSSR count). The zero-order valence-corrected chi connectivity index (χ0v) is 20.4.